The molecule has 0 spiro atoms. The second-order valence-corrected chi connectivity index (χ2v) is 7.97. The van der Waals surface area contributed by atoms with Gasteiger partial charge in [-0.25, -0.2) is 0 Å². The van der Waals surface area contributed by atoms with Gasteiger partial charge in [0.1, 0.15) is 0 Å². The first-order valence-electron chi connectivity index (χ1n) is 8.73. The number of fused-ring (bicyclic) bond motifs is 1. The first-order chi connectivity index (χ1) is 12.7. The quantitative estimate of drug-likeness (QED) is 0.818. The van der Waals surface area contributed by atoms with Crippen molar-refractivity contribution in [1.29, 1.82) is 0 Å². The van der Waals surface area contributed by atoms with Crippen molar-refractivity contribution in [3.63, 3.8) is 0 Å². The molecule has 1 aliphatic rings. The molecule has 0 unspecified atom stereocenters. The van der Waals surface area contributed by atoms with Crippen molar-refractivity contribution in [3.8, 4) is 0 Å². The predicted molar refractivity (Wildman–Crippen MR) is 104 cm³/mol. The summed E-state index contributed by atoms with van der Waals surface area (Å²) in [7, 11) is 0. The van der Waals surface area contributed by atoms with Gasteiger partial charge < -0.3 is 5.32 Å². The molecule has 1 heterocycles. The van der Waals surface area contributed by atoms with Crippen molar-refractivity contribution in [2.24, 2.45) is 0 Å². The minimum atomic E-state index is -0.388. The van der Waals surface area contributed by atoms with E-state index in [1.54, 1.807) is 24.3 Å². The molecule has 140 valence electrons. The van der Waals surface area contributed by atoms with Crippen LogP contribution < -0.4 is 5.32 Å². The summed E-state index contributed by atoms with van der Waals surface area (Å²) < 4.78 is 0. The van der Waals surface area contributed by atoms with Gasteiger partial charge in [0.15, 0.2) is 0 Å². The first-order valence-corrected chi connectivity index (χ1v) is 9.11. The summed E-state index contributed by atoms with van der Waals surface area (Å²) in [6.07, 6.45) is 0. The molecule has 3 rings (SSSR count). The van der Waals surface area contributed by atoms with E-state index in [1.807, 2.05) is 12.1 Å². The zero-order valence-electron chi connectivity index (χ0n) is 15.5. The molecule has 1 aliphatic heterocycles. The molecule has 6 heteroatoms. The number of rotatable bonds is 4. The van der Waals surface area contributed by atoms with Gasteiger partial charge in [0, 0.05) is 23.7 Å². The van der Waals surface area contributed by atoms with Crippen molar-refractivity contribution < 1.29 is 14.4 Å². The number of benzene rings is 2. The van der Waals surface area contributed by atoms with Crippen LogP contribution in [0, 0.1) is 0 Å². The van der Waals surface area contributed by atoms with Gasteiger partial charge in [-0.1, -0.05) is 44.5 Å². The average Bonchev–Trinajstić information content (AvgIpc) is 2.85. The van der Waals surface area contributed by atoms with E-state index in [0.29, 0.717) is 21.7 Å². The average molecular weight is 385 g/mol. The lowest BCUT2D eigenvalue weighted by molar-refractivity contribution is 0.0650. The Morgan fingerprint density at radius 3 is 2.26 bits per heavy atom. The van der Waals surface area contributed by atoms with Crippen LogP contribution in [0.25, 0.3) is 0 Å². The number of hydrogen-bond acceptors (Lipinski definition) is 3. The van der Waals surface area contributed by atoms with E-state index in [1.165, 1.54) is 6.07 Å². The lowest BCUT2D eigenvalue weighted by Crippen LogP contribution is -2.38. The molecule has 3 amide bonds. The van der Waals surface area contributed by atoms with Crippen LogP contribution in [0.15, 0.2) is 42.5 Å². The van der Waals surface area contributed by atoms with Gasteiger partial charge in [-0.2, -0.15) is 0 Å². The van der Waals surface area contributed by atoms with Crippen molar-refractivity contribution in [3.05, 3.63) is 69.7 Å². The van der Waals surface area contributed by atoms with E-state index in [-0.39, 0.29) is 36.2 Å². The van der Waals surface area contributed by atoms with Gasteiger partial charge in [-0.3, -0.25) is 19.3 Å². The number of carbonyl (C=O) groups excluding carboxylic acids is 3. The van der Waals surface area contributed by atoms with Gasteiger partial charge in [0.2, 0.25) is 0 Å². The molecule has 0 fully saturated rings. The van der Waals surface area contributed by atoms with E-state index in [4.69, 9.17) is 11.6 Å². The molecule has 0 radical (unpaired) electrons. The highest BCUT2D eigenvalue weighted by atomic mass is 35.5. The molecular weight excluding hydrogens is 364 g/mol. The smallest absolute Gasteiger partial charge is 0.261 e. The Morgan fingerprint density at radius 2 is 1.63 bits per heavy atom. The standard InChI is InChI=1S/C21H21ClN2O3/c1-21(2,3)14-6-4-13(5-7-14)18(25)23-10-11-24-19(26)16-9-8-15(22)12-17(16)20(24)27/h4-9,12H,10-11H2,1-3H3,(H,23,25). The summed E-state index contributed by atoms with van der Waals surface area (Å²) in [5, 5.41) is 3.16. The fourth-order valence-electron chi connectivity index (χ4n) is 2.97. The molecule has 0 saturated carbocycles. The van der Waals surface area contributed by atoms with Crippen molar-refractivity contribution in [2.45, 2.75) is 26.2 Å². The summed E-state index contributed by atoms with van der Waals surface area (Å²) >= 11 is 5.90. The minimum Gasteiger partial charge on any atom is -0.350 e. The Labute approximate surface area is 163 Å². The van der Waals surface area contributed by atoms with Crippen LogP contribution in [0.2, 0.25) is 5.02 Å². The molecule has 2 aromatic rings. The normalized spacial score (nSPS) is 13.7. The van der Waals surface area contributed by atoms with Crippen LogP contribution in [0.5, 0.6) is 0 Å². The second kappa shape index (κ2) is 7.16. The molecule has 27 heavy (non-hydrogen) atoms. The molecule has 0 aromatic heterocycles. The number of carbonyl (C=O) groups is 3. The van der Waals surface area contributed by atoms with Gasteiger partial charge >= 0.3 is 0 Å². The van der Waals surface area contributed by atoms with E-state index in [0.717, 1.165) is 10.5 Å². The van der Waals surface area contributed by atoms with Crippen LogP contribution >= 0.6 is 11.6 Å². The first kappa shape index (κ1) is 19.1. The third-order valence-corrected chi connectivity index (χ3v) is 4.80. The van der Waals surface area contributed by atoms with Crippen LogP contribution in [-0.2, 0) is 5.41 Å². The number of imide groups is 1. The molecular formula is C21H21ClN2O3. The summed E-state index contributed by atoms with van der Waals surface area (Å²) in [4.78, 5) is 38.1. The second-order valence-electron chi connectivity index (χ2n) is 7.54. The fraction of sp³-hybridized carbons (Fsp3) is 0.286. The molecule has 0 aliphatic carbocycles. The highest BCUT2D eigenvalue weighted by Gasteiger charge is 2.35. The third-order valence-electron chi connectivity index (χ3n) is 4.57. The van der Waals surface area contributed by atoms with Crippen molar-refractivity contribution in [2.75, 3.05) is 13.1 Å². The number of hydrogen-bond donors (Lipinski definition) is 1. The highest BCUT2D eigenvalue weighted by Crippen LogP contribution is 2.25. The Kier molecular flexibility index (Phi) is 5.07. The zero-order valence-corrected chi connectivity index (χ0v) is 16.3. The number of nitrogens with one attached hydrogen (secondary N) is 1. The summed E-state index contributed by atoms with van der Waals surface area (Å²) in [6.45, 7) is 6.61. The molecule has 0 saturated heterocycles. The topological polar surface area (TPSA) is 66.5 Å². The third kappa shape index (κ3) is 3.88. The molecule has 0 bridgehead atoms. The number of nitrogens with zero attached hydrogens (tertiary/aromatic N) is 1. The molecule has 0 atom stereocenters. The van der Waals surface area contributed by atoms with Gasteiger partial charge in [-0.05, 0) is 41.3 Å². The Hall–Kier alpha value is -2.66. The Balaban J connectivity index is 1.59. The number of amides is 3. The number of halogens is 1. The predicted octanol–water partition coefficient (Wildman–Crippen LogP) is 3.66. The Bertz CT molecular complexity index is 914. The monoisotopic (exact) mass is 384 g/mol. The molecule has 1 N–H and O–H groups in total. The molecule has 2 aromatic carbocycles. The van der Waals surface area contributed by atoms with E-state index < -0.39 is 0 Å². The largest absolute Gasteiger partial charge is 0.350 e. The fourth-order valence-corrected chi connectivity index (χ4v) is 3.14. The van der Waals surface area contributed by atoms with Crippen molar-refractivity contribution in [1.82, 2.24) is 10.2 Å². The van der Waals surface area contributed by atoms with E-state index in [9.17, 15) is 14.4 Å². The lowest BCUT2D eigenvalue weighted by atomic mass is 9.87. The van der Waals surface area contributed by atoms with Crippen LogP contribution in [0.1, 0.15) is 57.4 Å². The molecule has 5 nitrogen and oxygen atoms in total. The lowest BCUT2D eigenvalue weighted by Gasteiger charge is -2.19. The SMILES string of the molecule is CC(C)(C)c1ccc(C(=O)NCCN2C(=O)c3ccc(Cl)cc3C2=O)cc1. The van der Waals surface area contributed by atoms with Crippen LogP contribution in [0.3, 0.4) is 0 Å². The van der Waals surface area contributed by atoms with E-state index >= 15 is 0 Å². The van der Waals surface area contributed by atoms with Crippen LogP contribution in [-0.4, -0.2) is 35.7 Å². The highest BCUT2D eigenvalue weighted by molar-refractivity contribution is 6.32. The van der Waals surface area contributed by atoms with Gasteiger partial charge in [0.25, 0.3) is 17.7 Å². The zero-order chi connectivity index (χ0) is 19.8. The van der Waals surface area contributed by atoms with Crippen molar-refractivity contribution >= 4 is 29.3 Å². The van der Waals surface area contributed by atoms with E-state index in [2.05, 4.69) is 26.1 Å². The van der Waals surface area contributed by atoms with Gasteiger partial charge in [-0.15, -0.1) is 0 Å². The maximum absolute atomic E-state index is 12.4. The van der Waals surface area contributed by atoms with Gasteiger partial charge in [0.05, 0.1) is 11.1 Å². The maximum atomic E-state index is 12.4. The summed E-state index contributed by atoms with van der Waals surface area (Å²) in [5.41, 5.74) is 2.34. The summed E-state index contributed by atoms with van der Waals surface area (Å²) in [5.74, 6) is -0.994. The maximum Gasteiger partial charge on any atom is 0.261 e. The Morgan fingerprint density at radius 1 is 1.00 bits per heavy atom. The van der Waals surface area contributed by atoms with Crippen LogP contribution in [0.4, 0.5) is 0 Å². The summed E-state index contributed by atoms with van der Waals surface area (Å²) in [6, 6.07) is 12.0. The minimum absolute atomic E-state index is 0.0172.